The summed E-state index contributed by atoms with van der Waals surface area (Å²) in [4.78, 5) is 38.1. The predicted molar refractivity (Wildman–Crippen MR) is 196 cm³/mol. The van der Waals surface area contributed by atoms with Crippen LogP contribution >= 0.6 is 0 Å². The Bertz CT molecular complexity index is 1810. The summed E-state index contributed by atoms with van der Waals surface area (Å²) < 4.78 is 5.95. The molecule has 2 amide bonds. The highest BCUT2D eigenvalue weighted by molar-refractivity contribution is 5.97. The van der Waals surface area contributed by atoms with E-state index < -0.39 is 11.6 Å². The summed E-state index contributed by atoms with van der Waals surface area (Å²) in [5.41, 5.74) is 3.99. The van der Waals surface area contributed by atoms with E-state index in [1.54, 1.807) is 18.1 Å². The molecule has 0 spiro atoms. The van der Waals surface area contributed by atoms with E-state index in [-0.39, 0.29) is 17.2 Å². The Labute approximate surface area is 297 Å². The van der Waals surface area contributed by atoms with Gasteiger partial charge < -0.3 is 19.6 Å². The smallest absolute Gasteiger partial charge is 0.273 e. The second kappa shape index (κ2) is 13.7. The van der Waals surface area contributed by atoms with Crippen molar-refractivity contribution in [3.63, 3.8) is 0 Å². The summed E-state index contributed by atoms with van der Waals surface area (Å²) in [5, 5.41) is 12.4. The van der Waals surface area contributed by atoms with E-state index in [1.807, 2.05) is 49.1 Å². The average Bonchev–Trinajstić information content (AvgIpc) is 3.43. The molecule has 4 aliphatic rings. The SMILES string of the molecule is C#C[C@]1(O)CCC2[C@@H]3CCc4cc(OC)c(CN5CCN(C(=O)[C@H](C)N(CCC)C(=O)c6ccc7ccccc7n6)CC5)cc4C3CC[C@@]21C. The first-order valence-corrected chi connectivity index (χ1v) is 18.7. The van der Waals surface area contributed by atoms with E-state index in [4.69, 9.17) is 11.2 Å². The maximum absolute atomic E-state index is 13.8. The maximum Gasteiger partial charge on any atom is 0.273 e. The third-order valence-corrected chi connectivity index (χ3v) is 13.0. The molecule has 264 valence electrons. The minimum absolute atomic E-state index is 0.0161. The zero-order chi connectivity index (χ0) is 35.2. The van der Waals surface area contributed by atoms with E-state index in [9.17, 15) is 14.7 Å². The summed E-state index contributed by atoms with van der Waals surface area (Å²) >= 11 is 0. The molecule has 6 atom stereocenters. The Balaban J connectivity index is 1.01. The number of amides is 2. The fraction of sp³-hybridized carbons (Fsp3) is 0.548. The molecule has 2 heterocycles. The van der Waals surface area contributed by atoms with Gasteiger partial charge in [0.1, 0.15) is 23.1 Å². The number of aliphatic hydroxyl groups is 1. The second-order valence-electron chi connectivity index (χ2n) is 15.4. The van der Waals surface area contributed by atoms with Crippen molar-refractivity contribution in [2.24, 2.45) is 17.3 Å². The van der Waals surface area contributed by atoms with Gasteiger partial charge >= 0.3 is 0 Å². The standard InChI is InChI=1S/C42H52N4O4/c1-6-20-46(40(48)37-15-13-29-10-8-9-11-36(29)43-37)28(3)39(47)45-23-21-44(22-24-45)27-31-25-34-30(26-38(31)50-5)12-14-33-32(34)16-18-41(4)35(33)17-19-42(41,49)7-2/h2,8-11,13,15,25-26,28,32-33,35,49H,6,12,14,16-24,27H2,1,3-5H3/t28-,32?,33+,35?,41-,42-/m0/s1. The maximum atomic E-state index is 13.8. The molecular weight excluding hydrogens is 624 g/mol. The van der Waals surface area contributed by atoms with Crippen LogP contribution in [0.25, 0.3) is 10.9 Å². The fourth-order valence-corrected chi connectivity index (χ4v) is 10.0. The van der Waals surface area contributed by atoms with E-state index in [0.29, 0.717) is 49.5 Å². The number of pyridine rings is 1. The number of carbonyl (C=O) groups excluding carboxylic acids is 2. The van der Waals surface area contributed by atoms with Crippen LogP contribution in [0.15, 0.2) is 48.5 Å². The molecule has 8 heteroatoms. The van der Waals surface area contributed by atoms with Crippen molar-refractivity contribution in [1.29, 1.82) is 0 Å². The number of benzene rings is 2. The molecule has 3 aromatic rings. The van der Waals surface area contributed by atoms with Crippen LogP contribution in [0.5, 0.6) is 5.75 Å². The molecule has 3 fully saturated rings. The Kier molecular flexibility index (Phi) is 9.43. The van der Waals surface area contributed by atoms with Gasteiger partial charge in [-0.25, -0.2) is 4.98 Å². The van der Waals surface area contributed by atoms with Gasteiger partial charge in [0.05, 0.1) is 12.6 Å². The molecular formula is C42H52N4O4. The molecule has 1 aromatic heterocycles. The van der Waals surface area contributed by atoms with E-state index >= 15 is 0 Å². The van der Waals surface area contributed by atoms with Gasteiger partial charge in [0.25, 0.3) is 5.91 Å². The van der Waals surface area contributed by atoms with Crippen molar-refractivity contribution in [3.05, 3.63) is 70.9 Å². The molecule has 3 aliphatic carbocycles. The molecule has 2 saturated carbocycles. The molecule has 1 N–H and O–H groups in total. The van der Waals surface area contributed by atoms with Crippen LogP contribution < -0.4 is 4.74 Å². The molecule has 8 nitrogen and oxygen atoms in total. The molecule has 2 unspecified atom stereocenters. The summed E-state index contributed by atoms with van der Waals surface area (Å²) in [6, 6.07) is 15.5. The third kappa shape index (κ3) is 5.86. The van der Waals surface area contributed by atoms with Crippen molar-refractivity contribution < 1.29 is 19.4 Å². The van der Waals surface area contributed by atoms with Gasteiger partial charge in [-0.3, -0.25) is 14.5 Å². The Morgan fingerprint density at radius 1 is 1.10 bits per heavy atom. The highest BCUT2D eigenvalue weighted by Crippen LogP contribution is 2.64. The van der Waals surface area contributed by atoms with E-state index in [2.05, 4.69) is 34.9 Å². The quantitative estimate of drug-likeness (QED) is 0.293. The number of piperazine rings is 1. The summed E-state index contributed by atoms with van der Waals surface area (Å²) in [6.07, 6.45) is 12.5. The zero-order valence-electron chi connectivity index (χ0n) is 30.2. The molecule has 50 heavy (non-hydrogen) atoms. The number of hydrogen-bond donors (Lipinski definition) is 1. The monoisotopic (exact) mass is 676 g/mol. The largest absolute Gasteiger partial charge is 0.496 e. The van der Waals surface area contributed by atoms with Gasteiger partial charge in [-0.15, -0.1) is 6.42 Å². The normalized spacial score (nSPS) is 28.2. The van der Waals surface area contributed by atoms with Gasteiger partial charge in [0.2, 0.25) is 5.91 Å². The Morgan fingerprint density at radius 3 is 2.62 bits per heavy atom. The number of ether oxygens (including phenoxy) is 1. The summed E-state index contributed by atoms with van der Waals surface area (Å²) in [5.74, 6) is 4.98. The Hall–Kier alpha value is -3.93. The van der Waals surface area contributed by atoms with Crippen molar-refractivity contribution in [2.45, 2.75) is 89.8 Å². The Morgan fingerprint density at radius 2 is 1.88 bits per heavy atom. The van der Waals surface area contributed by atoms with Gasteiger partial charge in [-0.05, 0) is 98.9 Å². The van der Waals surface area contributed by atoms with Gasteiger partial charge in [0.15, 0.2) is 0 Å². The number of aromatic nitrogens is 1. The number of methoxy groups -OCH3 is 1. The minimum atomic E-state index is -0.993. The van der Waals surface area contributed by atoms with Crippen LogP contribution in [-0.4, -0.2) is 88.1 Å². The number of rotatable bonds is 8. The van der Waals surface area contributed by atoms with Gasteiger partial charge in [-0.2, -0.15) is 0 Å². The number of para-hydroxylation sites is 1. The highest BCUT2D eigenvalue weighted by Gasteiger charge is 2.61. The first-order chi connectivity index (χ1) is 24.1. The molecule has 0 bridgehead atoms. The number of hydrogen-bond acceptors (Lipinski definition) is 6. The van der Waals surface area contributed by atoms with Gasteiger partial charge in [0, 0.05) is 55.6 Å². The average molecular weight is 677 g/mol. The second-order valence-corrected chi connectivity index (χ2v) is 15.4. The van der Waals surface area contributed by atoms with Crippen molar-refractivity contribution in [2.75, 3.05) is 39.8 Å². The molecule has 1 aliphatic heterocycles. The van der Waals surface area contributed by atoms with Crippen LogP contribution in [0.1, 0.15) is 92.4 Å². The number of carbonyl (C=O) groups is 2. The van der Waals surface area contributed by atoms with Crippen LogP contribution in [0.4, 0.5) is 0 Å². The fourth-order valence-electron chi connectivity index (χ4n) is 10.0. The number of terminal acetylenes is 1. The van der Waals surface area contributed by atoms with Crippen LogP contribution in [0, 0.1) is 29.6 Å². The molecule has 0 radical (unpaired) electrons. The lowest BCUT2D eigenvalue weighted by atomic mass is 9.53. The lowest BCUT2D eigenvalue weighted by molar-refractivity contribution is -0.137. The topological polar surface area (TPSA) is 86.2 Å². The lowest BCUT2D eigenvalue weighted by Gasteiger charge is -2.52. The van der Waals surface area contributed by atoms with Crippen LogP contribution in [-0.2, 0) is 17.8 Å². The van der Waals surface area contributed by atoms with E-state index in [0.717, 1.165) is 74.8 Å². The highest BCUT2D eigenvalue weighted by atomic mass is 16.5. The van der Waals surface area contributed by atoms with E-state index in [1.165, 1.54) is 16.7 Å². The zero-order valence-corrected chi connectivity index (χ0v) is 30.2. The molecule has 1 saturated heterocycles. The predicted octanol–water partition coefficient (Wildman–Crippen LogP) is 6.05. The van der Waals surface area contributed by atoms with Crippen molar-refractivity contribution in [1.82, 2.24) is 19.7 Å². The molecule has 2 aromatic carbocycles. The first kappa shape index (κ1) is 34.5. The minimum Gasteiger partial charge on any atom is -0.496 e. The lowest BCUT2D eigenvalue weighted by Crippen LogP contribution is -2.55. The van der Waals surface area contributed by atoms with Crippen LogP contribution in [0.3, 0.4) is 0 Å². The summed E-state index contributed by atoms with van der Waals surface area (Å²) in [7, 11) is 1.76. The van der Waals surface area contributed by atoms with Crippen LogP contribution in [0.2, 0.25) is 0 Å². The summed E-state index contributed by atoms with van der Waals surface area (Å²) in [6.45, 7) is 10.1. The number of aryl methyl sites for hydroxylation is 1. The number of fused-ring (bicyclic) bond motifs is 6. The van der Waals surface area contributed by atoms with Gasteiger partial charge in [-0.1, -0.05) is 50.1 Å². The third-order valence-electron chi connectivity index (χ3n) is 13.0. The molecule has 7 rings (SSSR count). The number of nitrogens with zero attached hydrogens (tertiary/aromatic N) is 4. The van der Waals surface area contributed by atoms with Crippen molar-refractivity contribution in [3.8, 4) is 18.1 Å². The first-order valence-electron chi connectivity index (χ1n) is 18.7. The van der Waals surface area contributed by atoms with Crippen molar-refractivity contribution >= 4 is 22.7 Å².